The summed E-state index contributed by atoms with van der Waals surface area (Å²) in [6, 6.07) is 1.73. The number of nitrogens with one attached hydrogen (secondary N) is 2. The summed E-state index contributed by atoms with van der Waals surface area (Å²) in [5.41, 5.74) is 2.38. The molecule has 1 aromatic heterocycles. The van der Waals surface area contributed by atoms with Crippen LogP contribution in [-0.4, -0.2) is 25.0 Å². The number of amides is 1. The maximum atomic E-state index is 11.2. The summed E-state index contributed by atoms with van der Waals surface area (Å²) >= 11 is 0. The van der Waals surface area contributed by atoms with Crippen LogP contribution in [0.1, 0.15) is 29.9 Å². The fourth-order valence-electron chi connectivity index (χ4n) is 1.05. The number of nitrogens with zero attached hydrogens (tertiary/aromatic N) is 1. The predicted molar refractivity (Wildman–Crippen MR) is 63.3 cm³/mol. The van der Waals surface area contributed by atoms with Crippen LogP contribution in [0, 0.1) is 6.92 Å². The topological polar surface area (TPSA) is 54.0 Å². The van der Waals surface area contributed by atoms with Gasteiger partial charge in [0.25, 0.3) is 5.91 Å². The molecular formula is C11H19N3O. The first-order valence-electron chi connectivity index (χ1n) is 5.05. The van der Waals surface area contributed by atoms with E-state index < -0.39 is 0 Å². The molecule has 2 N–H and O–H groups in total. The van der Waals surface area contributed by atoms with Crippen molar-refractivity contribution in [1.29, 1.82) is 0 Å². The molecule has 4 heteroatoms. The van der Waals surface area contributed by atoms with E-state index in [2.05, 4.69) is 15.6 Å². The van der Waals surface area contributed by atoms with E-state index in [0.717, 1.165) is 11.3 Å². The minimum atomic E-state index is -0.170. The summed E-state index contributed by atoms with van der Waals surface area (Å²) in [6.07, 6.45) is 1.68. The smallest absolute Gasteiger partial charge is 0.269 e. The lowest BCUT2D eigenvalue weighted by molar-refractivity contribution is 0.0958. The van der Waals surface area contributed by atoms with Gasteiger partial charge < -0.3 is 10.6 Å². The molecule has 1 amide bonds. The average molecular weight is 209 g/mol. The highest BCUT2D eigenvalue weighted by Gasteiger charge is 2.06. The number of pyridine rings is 1. The van der Waals surface area contributed by atoms with Crippen molar-refractivity contribution in [2.24, 2.45) is 0 Å². The average Bonchev–Trinajstić information content (AvgIpc) is 2.31. The maximum absolute atomic E-state index is 11.2. The van der Waals surface area contributed by atoms with Crippen molar-refractivity contribution in [3.63, 3.8) is 0 Å². The van der Waals surface area contributed by atoms with E-state index in [1.807, 2.05) is 27.8 Å². The number of hydrogen-bond donors (Lipinski definition) is 2. The molecule has 1 rings (SSSR count). The van der Waals surface area contributed by atoms with E-state index >= 15 is 0 Å². The molecule has 0 unspecified atom stereocenters. The molecule has 0 aromatic carbocycles. The monoisotopic (exact) mass is 209 g/mol. The molecule has 4 nitrogen and oxygen atoms in total. The number of carbonyl (C=O) groups is 1. The van der Waals surface area contributed by atoms with Crippen molar-refractivity contribution in [3.05, 3.63) is 23.5 Å². The van der Waals surface area contributed by atoms with Crippen LogP contribution in [0.2, 0.25) is 0 Å². The van der Waals surface area contributed by atoms with Gasteiger partial charge in [-0.05, 0) is 18.6 Å². The number of hydrogen-bond acceptors (Lipinski definition) is 3. The Morgan fingerprint density at radius 2 is 1.93 bits per heavy atom. The van der Waals surface area contributed by atoms with Crippen LogP contribution in [0.25, 0.3) is 0 Å². The van der Waals surface area contributed by atoms with Crippen molar-refractivity contribution in [2.75, 3.05) is 19.4 Å². The zero-order valence-electron chi connectivity index (χ0n) is 10.0. The minimum absolute atomic E-state index is 0.170. The van der Waals surface area contributed by atoms with E-state index in [1.54, 1.807) is 19.3 Å². The Balaban J connectivity index is 0.000000921. The van der Waals surface area contributed by atoms with E-state index in [4.69, 9.17) is 0 Å². The van der Waals surface area contributed by atoms with Crippen LogP contribution in [-0.2, 0) is 0 Å². The molecule has 0 saturated heterocycles. The van der Waals surface area contributed by atoms with Gasteiger partial charge >= 0.3 is 0 Å². The highest BCUT2D eigenvalue weighted by Crippen LogP contribution is 2.13. The van der Waals surface area contributed by atoms with Crippen molar-refractivity contribution in [2.45, 2.75) is 20.8 Å². The fraction of sp³-hybridized carbons (Fsp3) is 0.455. The Bertz CT molecular complexity index is 324. The lowest BCUT2D eigenvalue weighted by Crippen LogP contribution is -2.19. The van der Waals surface area contributed by atoms with E-state index in [1.165, 1.54) is 0 Å². The molecule has 15 heavy (non-hydrogen) atoms. The maximum Gasteiger partial charge on any atom is 0.269 e. The van der Waals surface area contributed by atoms with Gasteiger partial charge in [-0.1, -0.05) is 13.8 Å². The van der Waals surface area contributed by atoms with Crippen LogP contribution >= 0.6 is 0 Å². The Morgan fingerprint density at radius 1 is 1.33 bits per heavy atom. The highest BCUT2D eigenvalue weighted by molar-refractivity contribution is 5.93. The Labute approximate surface area is 91.1 Å². The zero-order chi connectivity index (χ0) is 11.8. The first-order valence-corrected chi connectivity index (χ1v) is 5.05. The SMILES string of the molecule is CC.CNC(=O)c1cc(NC)c(C)cn1. The third-order valence-corrected chi connectivity index (χ3v) is 1.83. The van der Waals surface area contributed by atoms with E-state index in [9.17, 15) is 4.79 Å². The number of anilines is 1. The van der Waals surface area contributed by atoms with Gasteiger partial charge in [0.15, 0.2) is 0 Å². The molecular weight excluding hydrogens is 190 g/mol. The highest BCUT2D eigenvalue weighted by atomic mass is 16.1. The van der Waals surface area contributed by atoms with Gasteiger partial charge in [0.2, 0.25) is 0 Å². The largest absolute Gasteiger partial charge is 0.388 e. The normalized spacial score (nSPS) is 8.60. The molecule has 0 aliphatic rings. The molecule has 84 valence electrons. The fourth-order valence-corrected chi connectivity index (χ4v) is 1.05. The molecule has 1 heterocycles. The molecule has 0 saturated carbocycles. The summed E-state index contributed by atoms with van der Waals surface area (Å²) in [5.74, 6) is -0.170. The molecule has 0 bridgehead atoms. The minimum Gasteiger partial charge on any atom is -0.388 e. The Kier molecular flexibility index (Phi) is 6.09. The first-order chi connectivity index (χ1) is 7.19. The number of carbonyl (C=O) groups excluding carboxylic acids is 1. The van der Waals surface area contributed by atoms with Gasteiger partial charge in [0, 0.05) is 26.0 Å². The summed E-state index contributed by atoms with van der Waals surface area (Å²) < 4.78 is 0. The summed E-state index contributed by atoms with van der Waals surface area (Å²) in [6.45, 7) is 5.94. The molecule has 0 aliphatic carbocycles. The van der Waals surface area contributed by atoms with Crippen molar-refractivity contribution in [3.8, 4) is 0 Å². The van der Waals surface area contributed by atoms with Gasteiger partial charge in [-0.2, -0.15) is 0 Å². The third-order valence-electron chi connectivity index (χ3n) is 1.83. The number of aromatic nitrogens is 1. The summed E-state index contributed by atoms with van der Waals surface area (Å²) in [5, 5.41) is 5.52. The molecule has 0 radical (unpaired) electrons. The second kappa shape index (κ2) is 6.81. The molecule has 0 spiro atoms. The molecule has 0 atom stereocenters. The van der Waals surface area contributed by atoms with Crippen molar-refractivity contribution in [1.82, 2.24) is 10.3 Å². The summed E-state index contributed by atoms with van der Waals surface area (Å²) in [4.78, 5) is 15.2. The first kappa shape index (κ1) is 13.4. The van der Waals surface area contributed by atoms with Gasteiger partial charge in [-0.15, -0.1) is 0 Å². The van der Waals surface area contributed by atoms with Gasteiger partial charge in [0.1, 0.15) is 5.69 Å². The lowest BCUT2D eigenvalue weighted by Gasteiger charge is -2.05. The van der Waals surface area contributed by atoms with Gasteiger partial charge in [0.05, 0.1) is 0 Å². The summed E-state index contributed by atoms with van der Waals surface area (Å²) in [7, 11) is 3.40. The lowest BCUT2D eigenvalue weighted by atomic mass is 10.2. The van der Waals surface area contributed by atoms with E-state index in [0.29, 0.717) is 5.69 Å². The van der Waals surface area contributed by atoms with Crippen LogP contribution < -0.4 is 10.6 Å². The Morgan fingerprint density at radius 3 is 2.40 bits per heavy atom. The number of aryl methyl sites for hydroxylation is 1. The number of rotatable bonds is 2. The predicted octanol–water partition coefficient (Wildman–Crippen LogP) is 1.82. The second-order valence-electron chi connectivity index (χ2n) is 2.71. The van der Waals surface area contributed by atoms with E-state index in [-0.39, 0.29) is 5.91 Å². The van der Waals surface area contributed by atoms with Crippen molar-refractivity contribution >= 4 is 11.6 Å². The molecule has 1 aromatic rings. The Hall–Kier alpha value is -1.58. The van der Waals surface area contributed by atoms with Crippen LogP contribution in [0.15, 0.2) is 12.3 Å². The molecule has 0 aliphatic heterocycles. The third kappa shape index (κ3) is 3.58. The van der Waals surface area contributed by atoms with Gasteiger partial charge in [-0.25, -0.2) is 0 Å². The zero-order valence-corrected chi connectivity index (χ0v) is 10.0. The van der Waals surface area contributed by atoms with Crippen LogP contribution in [0.3, 0.4) is 0 Å². The standard InChI is InChI=1S/C9H13N3O.C2H6/c1-6-5-12-8(9(13)11-3)4-7(6)10-2;1-2/h4-5H,1-3H3,(H,10,12)(H,11,13);1-2H3. The molecule has 0 fully saturated rings. The van der Waals surface area contributed by atoms with Crippen molar-refractivity contribution < 1.29 is 4.79 Å². The van der Waals surface area contributed by atoms with Gasteiger partial charge in [-0.3, -0.25) is 9.78 Å². The second-order valence-corrected chi connectivity index (χ2v) is 2.71. The van der Waals surface area contributed by atoms with Crippen LogP contribution in [0.5, 0.6) is 0 Å². The van der Waals surface area contributed by atoms with Crippen LogP contribution in [0.4, 0.5) is 5.69 Å². The quantitative estimate of drug-likeness (QED) is 0.781.